The number of nitrogens with zero attached hydrogens (tertiary/aromatic N) is 2. The van der Waals surface area contributed by atoms with Crippen LogP contribution >= 0.6 is 11.6 Å². The largest absolute Gasteiger partial charge is 0.492 e. The van der Waals surface area contributed by atoms with Gasteiger partial charge < -0.3 is 19.2 Å². The fourth-order valence-corrected chi connectivity index (χ4v) is 4.00. The molecule has 34 heavy (non-hydrogen) atoms. The van der Waals surface area contributed by atoms with Crippen LogP contribution in [-0.4, -0.2) is 41.6 Å². The molecular formula is C26H35ClN2O5. The maximum absolute atomic E-state index is 12.8. The van der Waals surface area contributed by atoms with Crippen molar-refractivity contribution in [1.29, 1.82) is 0 Å². The first kappa shape index (κ1) is 26.1. The zero-order chi connectivity index (χ0) is 25.3. The summed E-state index contributed by atoms with van der Waals surface area (Å²) in [6, 6.07) is 5.24. The number of rotatable bonds is 7. The fraction of sp³-hybridized carbons (Fsp3) is 0.538. The van der Waals surface area contributed by atoms with Gasteiger partial charge in [-0.1, -0.05) is 11.6 Å². The number of carbonyl (C=O) groups excluding carboxylic acids is 1. The van der Waals surface area contributed by atoms with E-state index in [1.54, 1.807) is 13.1 Å². The lowest BCUT2D eigenvalue weighted by molar-refractivity contribution is -0.00769. The number of pyridine rings is 1. The number of fused-ring (bicyclic) bond motifs is 3. The lowest BCUT2D eigenvalue weighted by Gasteiger charge is -2.44. The Bertz CT molecular complexity index is 1110. The van der Waals surface area contributed by atoms with Gasteiger partial charge in [0, 0.05) is 29.8 Å². The van der Waals surface area contributed by atoms with Gasteiger partial charge in [0.25, 0.3) is 0 Å². The Balaban J connectivity index is 1.95. The molecule has 1 aromatic carbocycles. The van der Waals surface area contributed by atoms with Gasteiger partial charge in [-0.25, -0.2) is 4.79 Å². The first-order valence-corrected chi connectivity index (χ1v) is 12.0. The van der Waals surface area contributed by atoms with E-state index < -0.39 is 5.97 Å². The van der Waals surface area contributed by atoms with E-state index in [9.17, 15) is 9.59 Å². The van der Waals surface area contributed by atoms with Crippen LogP contribution in [0, 0.1) is 0 Å². The number of aromatic nitrogens is 1. The summed E-state index contributed by atoms with van der Waals surface area (Å²) in [5, 5.41) is 2.56. The van der Waals surface area contributed by atoms with Gasteiger partial charge in [-0.2, -0.15) is 0 Å². The first-order chi connectivity index (χ1) is 15.8. The van der Waals surface area contributed by atoms with Crippen LogP contribution in [-0.2, 0) is 16.0 Å². The van der Waals surface area contributed by atoms with E-state index in [2.05, 4.69) is 25.8 Å². The van der Waals surface area contributed by atoms with Crippen molar-refractivity contribution in [3.63, 3.8) is 0 Å². The van der Waals surface area contributed by atoms with Crippen molar-refractivity contribution in [3.05, 3.63) is 50.8 Å². The predicted molar refractivity (Wildman–Crippen MR) is 135 cm³/mol. The molecular weight excluding hydrogens is 456 g/mol. The number of hydrogen-bond acceptors (Lipinski definition) is 6. The molecule has 0 fully saturated rings. The molecule has 2 aromatic rings. The van der Waals surface area contributed by atoms with Crippen molar-refractivity contribution in [2.24, 2.45) is 0 Å². The molecule has 0 atom stereocenters. The Kier molecular flexibility index (Phi) is 7.68. The normalized spacial score (nSPS) is 13.4. The summed E-state index contributed by atoms with van der Waals surface area (Å²) in [5.74, 6) is -0.0244. The highest BCUT2D eigenvalue weighted by Crippen LogP contribution is 2.38. The molecule has 0 saturated heterocycles. The van der Waals surface area contributed by atoms with Crippen LogP contribution in [0.3, 0.4) is 0 Å². The van der Waals surface area contributed by atoms with Crippen molar-refractivity contribution in [2.45, 2.75) is 72.6 Å². The molecule has 0 radical (unpaired) electrons. The standard InChI is InChI=1S/C26H35ClN2O5/c1-8-32-24(31)19-16-28-21(14-22(19)30)18-13-20(27)23(33-10-9-11-34-26(5,6)7)12-17(18)15-29(28)25(2,3)4/h12-14,16H,8-11,15H2,1-7H3. The van der Waals surface area contributed by atoms with Crippen LogP contribution in [0.25, 0.3) is 11.3 Å². The Morgan fingerprint density at radius 3 is 2.41 bits per heavy atom. The number of ether oxygens (including phenoxy) is 3. The first-order valence-electron chi connectivity index (χ1n) is 11.6. The highest BCUT2D eigenvalue weighted by atomic mass is 35.5. The second-order valence-electron chi connectivity index (χ2n) is 10.3. The SMILES string of the molecule is CCOC(=O)c1cn2c(cc1=O)-c1cc(Cl)c(OCCCOC(C)(C)C)cc1CN2C(C)(C)C. The van der Waals surface area contributed by atoms with Gasteiger partial charge in [-0.3, -0.25) is 9.47 Å². The highest BCUT2D eigenvalue weighted by Gasteiger charge is 2.31. The van der Waals surface area contributed by atoms with Crippen molar-refractivity contribution < 1.29 is 19.0 Å². The number of hydrogen-bond donors (Lipinski definition) is 0. The number of carbonyl (C=O) groups is 1. The molecule has 1 aromatic heterocycles. The van der Waals surface area contributed by atoms with Crippen LogP contribution in [0.15, 0.2) is 29.2 Å². The second-order valence-corrected chi connectivity index (χ2v) is 10.7. The van der Waals surface area contributed by atoms with Gasteiger partial charge in [-0.05, 0) is 66.2 Å². The molecule has 2 heterocycles. The Morgan fingerprint density at radius 1 is 1.09 bits per heavy atom. The molecule has 7 nitrogen and oxygen atoms in total. The number of halogens is 1. The summed E-state index contributed by atoms with van der Waals surface area (Å²) in [6.07, 6.45) is 2.31. The topological polar surface area (TPSA) is 70.0 Å². The maximum atomic E-state index is 12.8. The van der Waals surface area contributed by atoms with E-state index in [1.165, 1.54) is 6.07 Å². The Morgan fingerprint density at radius 2 is 1.79 bits per heavy atom. The van der Waals surface area contributed by atoms with Crippen molar-refractivity contribution in [1.82, 2.24) is 4.68 Å². The third-order valence-corrected chi connectivity index (χ3v) is 5.69. The van der Waals surface area contributed by atoms with Crippen LogP contribution in [0.2, 0.25) is 5.02 Å². The molecule has 0 saturated carbocycles. The Labute approximate surface area is 206 Å². The van der Waals surface area contributed by atoms with Gasteiger partial charge in [0.1, 0.15) is 11.3 Å². The minimum Gasteiger partial charge on any atom is -0.492 e. The number of benzene rings is 1. The van der Waals surface area contributed by atoms with Crippen LogP contribution in [0.1, 0.15) is 70.8 Å². The maximum Gasteiger partial charge on any atom is 0.343 e. The van der Waals surface area contributed by atoms with Crippen LogP contribution in [0.5, 0.6) is 5.75 Å². The van der Waals surface area contributed by atoms with E-state index >= 15 is 0 Å². The molecule has 0 unspecified atom stereocenters. The molecule has 1 aliphatic heterocycles. The van der Waals surface area contributed by atoms with Gasteiger partial charge in [0.15, 0.2) is 5.43 Å². The van der Waals surface area contributed by atoms with Crippen molar-refractivity contribution in [3.8, 4) is 17.0 Å². The third-order valence-electron chi connectivity index (χ3n) is 5.40. The van der Waals surface area contributed by atoms with Crippen LogP contribution < -0.4 is 15.2 Å². The summed E-state index contributed by atoms with van der Waals surface area (Å²) in [4.78, 5) is 25.1. The summed E-state index contributed by atoms with van der Waals surface area (Å²) >= 11 is 6.57. The van der Waals surface area contributed by atoms with Crippen LogP contribution in [0.4, 0.5) is 0 Å². The van der Waals surface area contributed by atoms with E-state index in [1.807, 2.05) is 37.6 Å². The van der Waals surface area contributed by atoms with Gasteiger partial charge >= 0.3 is 5.97 Å². The van der Waals surface area contributed by atoms with E-state index in [0.29, 0.717) is 36.2 Å². The molecule has 0 aliphatic carbocycles. The second kappa shape index (κ2) is 10.0. The third kappa shape index (κ3) is 5.94. The molecule has 1 aliphatic rings. The number of esters is 1. The highest BCUT2D eigenvalue weighted by molar-refractivity contribution is 6.32. The summed E-state index contributed by atoms with van der Waals surface area (Å²) < 4.78 is 18.7. The molecule has 3 rings (SSSR count). The smallest absolute Gasteiger partial charge is 0.343 e. The predicted octanol–water partition coefficient (Wildman–Crippen LogP) is 5.18. The lowest BCUT2D eigenvalue weighted by atomic mass is 9.97. The van der Waals surface area contributed by atoms with Gasteiger partial charge in [0.2, 0.25) is 0 Å². The average molecular weight is 491 g/mol. The molecule has 0 amide bonds. The van der Waals surface area contributed by atoms with Gasteiger partial charge in [0.05, 0.1) is 42.7 Å². The zero-order valence-electron chi connectivity index (χ0n) is 21.2. The minimum atomic E-state index is -0.625. The summed E-state index contributed by atoms with van der Waals surface area (Å²) in [6.45, 7) is 15.8. The molecule has 0 bridgehead atoms. The molecule has 8 heteroatoms. The fourth-order valence-electron chi connectivity index (χ4n) is 3.78. The van der Waals surface area contributed by atoms with E-state index in [0.717, 1.165) is 17.5 Å². The van der Waals surface area contributed by atoms with E-state index in [4.69, 9.17) is 25.8 Å². The van der Waals surface area contributed by atoms with Crippen molar-refractivity contribution in [2.75, 3.05) is 24.8 Å². The quantitative estimate of drug-likeness (QED) is 0.393. The molecule has 0 N–H and O–H groups in total. The monoisotopic (exact) mass is 490 g/mol. The molecule has 0 spiro atoms. The van der Waals surface area contributed by atoms with Crippen molar-refractivity contribution >= 4 is 17.6 Å². The summed E-state index contributed by atoms with van der Waals surface area (Å²) in [5.41, 5.74) is 1.64. The summed E-state index contributed by atoms with van der Waals surface area (Å²) in [7, 11) is 0. The zero-order valence-corrected chi connectivity index (χ0v) is 21.9. The molecule has 186 valence electrons. The Hall–Kier alpha value is -2.51. The lowest BCUT2D eigenvalue weighted by Crippen LogP contribution is -2.51. The minimum absolute atomic E-state index is 0.00632. The van der Waals surface area contributed by atoms with Gasteiger partial charge in [-0.15, -0.1) is 0 Å². The average Bonchev–Trinajstić information content (AvgIpc) is 2.71. The van der Waals surface area contributed by atoms with E-state index in [-0.39, 0.29) is 28.7 Å².